The third kappa shape index (κ3) is 4.16. The van der Waals surface area contributed by atoms with Crippen LogP contribution in [0.3, 0.4) is 0 Å². The van der Waals surface area contributed by atoms with E-state index in [-0.39, 0.29) is 5.56 Å². The van der Waals surface area contributed by atoms with Crippen LogP contribution in [0.4, 0.5) is 10.1 Å². The molecule has 0 aliphatic rings. The molecule has 0 fully saturated rings. The lowest BCUT2D eigenvalue weighted by atomic mass is 10.1. The van der Waals surface area contributed by atoms with Crippen LogP contribution in [0.15, 0.2) is 42.5 Å². The lowest BCUT2D eigenvalue weighted by Gasteiger charge is -2.15. The molecular formula is C18H18FNO3. The van der Waals surface area contributed by atoms with E-state index in [1.165, 1.54) is 25.1 Å². The molecular weight excluding hydrogens is 297 g/mol. The predicted octanol–water partition coefficient (Wildman–Crippen LogP) is 3.63. The number of carbonyl (C=O) groups is 2. The number of benzene rings is 2. The van der Waals surface area contributed by atoms with Gasteiger partial charge in [-0.15, -0.1) is 0 Å². The second-order valence-corrected chi connectivity index (χ2v) is 5.34. The number of esters is 1. The van der Waals surface area contributed by atoms with E-state index in [0.717, 1.165) is 17.2 Å². The van der Waals surface area contributed by atoms with E-state index >= 15 is 0 Å². The number of hydrogen-bond donors (Lipinski definition) is 1. The molecule has 1 atom stereocenters. The molecule has 23 heavy (non-hydrogen) atoms. The zero-order valence-corrected chi connectivity index (χ0v) is 13.2. The van der Waals surface area contributed by atoms with E-state index in [1.807, 2.05) is 32.0 Å². The largest absolute Gasteiger partial charge is 0.449 e. The van der Waals surface area contributed by atoms with Gasteiger partial charge in [0.1, 0.15) is 5.82 Å². The van der Waals surface area contributed by atoms with Crippen LogP contribution in [0, 0.1) is 19.7 Å². The zero-order valence-electron chi connectivity index (χ0n) is 13.2. The molecule has 2 rings (SSSR count). The molecule has 0 aliphatic heterocycles. The Labute approximate surface area is 134 Å². The minimum atomic E-state index is -1.04. The van der Waals surface area contributed by atoms with Gasteiger partial charge in [-0.25, -0.2) is 9.18 Å². The number of ether oxygens (including phenoxy) is 1. The van der Waals surface area contributed by atoms with Gasteiger partial charge in [0.05, 0.1) is 5.56 Å². The van der Waals surface area contributed by atoms with Gasteiger partial charge in [0.15, 0.2) is 6.10 Å². The maximum atomic E-state index is 13.5. The Morgan fingerprint density at radius 1 is 1.13 bits per heavy atom. The normalized spacial score (nSPS) is 11.7. The molecule has 1 N–H and O–H groups in total. The standard InChI is InChI=1S/C18H18FNO3/c1-11-8-9-12(2)16(10-11)20-17(21)13(3)23-18(22)14-6-4-5-7-15(14)19/h4-10,13H,1-3H3,(H,20,21). The van der Waals surface area contributed by atoms with Gasteiger partial charge in [0, 0.05) is 5.69 Å². The molecule has 1 amide bonds. The average molecular weight is 315 g/mol. The summed E-state index contributed by atoms with van der Waals surface area (Å²) in [5.41, 5.74) is 2.36. The molecule has 2 aromatic rings. The average Bonchev–Trinajstić information content (AvgIpc) is 2.51. The number of anilines is 1. The number of rotatable bonds is 4. The summed E-state index contributed by atoms with van der Waals surface area (Å²) < 4.78 is 18.6. The highest BCUT2D eigenvalue weighted by molar-refractivity contribution is 5.97. The van der Waals surface area contributed by atoms with Crippen LogP contribution in [0.1, 0.15) is 28.4 Å². The number of halogens is 1. The maximum Gasteiger partial charge on any atom is 0.341 e. The SMILES string of the molecule is Cc1ccc(C)c(NC(=O)C(C)OC(=O)c2ccccc2F)c1. The van der Waals surface area contributed by atoms with Gasteiger partial charge in [-0.2, -0.15) is 0 Å². The Morgan fingerprint density at radius 2 is 1.83 bits per heavy atom. The Balaban J connectivity index is 2.04. The topological polar surface area (TPSA) is 55.4 Å². The number of amides is 1. The summed E-state index contributed by atoms with van der Waals surface area (Å²) in [7, 11) is 0. The molecule has 5 heteroatoms. The second-order valence-electron chi connectivity index (χ2n) is 5.34. The van der Waals surface area contributed by atoms with Crippen molar-refractivity contribution in [1.82, 2.24) is 0 Å². The molecule has 1 unspecified atom stereocenters. The fourth-order valence-corrected chi connectivity index (χ4v) is 2.01. The van der Waals surface area contributed by atoms with E-state index < -0.39 is 23.8 Å². The molecule has 0 spiro atoms. The summed E-state index contributed by atoms with van der Waals surface area (Å²) >= 11 is 0. The van der Waals surface area contributed by atoms with Crippen molar-refractivity contribution in [1.29, 1.82) is 0 Å². The minimum absolute atomic E-state index is 0.195. The fraction of sp³-hybridized carbons (Fsp3) is 0.222. The van der Waals surface area contributed by atoms with Crippen molar-refractivity contribution >= 4 is 17.6 Å². The van der Waals surface area contributed by atoms with Crippen LogP contribution in [0.25, 0.3) is 0 Å². The van der Waals surface area contributed by atoms with Crippen LogP contribution >= 0.6 is 0 Å². The van der Waals surface area contributed by atoms with Crippen molar-refractivity contribution in [2.45, 2.75) is 26.9 Å². The molecule has 0 aromatic heterocycles. The number of nitrogens with one attached hydrogen (secondary N) is 1. The Bertz CT molecular complexity index is 743. The number of carbonyl (C=O) groups excluding carboxylic acids is 2. The van der Waals surface area contributed by atoms with Crippen molar-refractivity contribution in [3.8, 4) is 0 Å². The Kier molecular flexibility index (Phi) is 5.11. The molecule has 0 saturated carbocycles. The van der Waals surface area contributed by atoms with Crippen LogP contribution < -0.4 is 5.32 Å². The highest BCUT2D eigenvalue weighted by Gasteiger charge is 2.21. The molecule has 4 nitrogen and oxygen atoms in total. The van der Waals surface area contributed by atoms with Crippen molar-refractivity contribution in [3.63, 3.8) is 0 Å². The van der Waals surface area contributed by atoms with Crippen LogP contribution in [-0.2, 0) is 9.53 Å². The van der Waals surface area contributed by atoms with Crippen LogP contribution in [0.2, 0.25) is 0 Å². The summed E-state index contributed by atoms with van der Waals surface area (Å²) in [6, 6.07) is 11.1. The van der Waals surface area contributed by atoms with Gasteiger partial charge in [0.2, 0.25) is 0 Å². The van der Waals surface area contributed by atoms with Gasteiger partial charge in [0.25, 0.3) is 5.91 Å². The van der Waals surface area contributed by atoms with Crippen molar-refractivity contribution in [2.75, 3.05) is 5.32 Å². The van der Waals surface area contributed by atoms with Crippen molar-refractivity contribution in [2.24, 2.45) is 0 Å². The zero-order chi connectivity index (χ0) is 17.0. The third-order valence-corrected chi connectivity index (χ3v) is 3.40. The maximum absolute atomic E-state index is 13.5. The van der Waals surface area contributed by atoms with Gasteiger partial charge in [-0.3, -0.25) is 4.79 Å². The summed E-state index contributed by atoms with van der Waals surface area (Å²) in [5, 5.41) is 2.71. The van der Waals surface area contributed by atoms with Gasteiger partial charge < -0.3 is 10.1 Å². The van der Waals surface area contributed by atoms with Crippen LogP contribution in [0.5, 0.6) is 0 Å². The first-order valence-electron chi connectivity index (χ1n) is 7.22. The second kappa shape index (κ2) is 7.05. The quantitative estimate of drug-likeness (QED) is 0.877. The van der Waals surface area contributed by atoms with Gasteiger partial charge in [-0.1, -0.05) is 24.3 Å². The molecule has 0 heterocycles. The highest BCUT2D eigenvalue weighted by atomic mass is 19.1. The minimum Gasteiger partial charge on any atom is -0.449 e. The predicted molar refractivity (Wildman–Crippen MR) is 85.8 cm³/mol. The molecule has 0 saturated heterocycles. The Hall–Kier alpha value is -2.69. The summed E-state index contributed by atoms with van der Waals surface area (Å²) in [4.78, 5) is 24.1. The Morgan fingerprint density at radius 3 is 2.52 bits per heavy atom. The van der Waals surface area contributed by atoms with E-state index in [4.69, 9.17) is 4.74 Å². The third-order valence-electron chi connectivity index (χ3n) is 3.40. The van der Waals surface area contributed by atoms with Crippen molar-refractivity contribution < 1.29 is 18.7 Å². The molecule has 2 aromatic carbocycles. The molecule has 0 aliphatic carbocycles. The van der Waals surface area contributed by atoms with E-state index in [1.54, 1.807) is 0 Å². The first-order valence-corrected chi connectivity index (χ1v) is 7.22. The lowest BCUT2D eigenvalue weighted by molar-refractivity contribution is -0.123. The van der Waals surface area contributed by atoms with Crippen molar-refractivity contribution in [3.05, 3.63) is 65.0 Å². The monoisotopic (exact) mass is 315 g/mol. The molecule has 0 radical (unpaired) electrons. The highest BCUT2D eigenvalue weighted by Crippen LogP contribution is 2.17. The first kappa shape index (κ1) is 16.7. The molecule has 0 bridgehead atoms. The van der Waals surface area contributed by atoms with Gasteiger partial charge in [-0.05, 0) is 50.1 Å². The van der Waals surface area contributed by atoms with Crippen LogP contribution in [-0.4, -0.2) is 18.0 Å². The lowest BCUT2D eigenvalue weighted by Crippen LogP contribution is -2.30. The van der Waals surface area contributed by atoms with E-state index in [0.29, 0.717) is 5.69 Å². The number of hydrogen-bond acceptors (Lipinski definition) is 3. The van der Waals surface area contributed by atoms with Gasteiger partial charge >= 0.3 is 5.97 Å². The summed E-state index contributed by atoms with van der Waals surface area (Å²) in [5.74, 6) is -2.02. The number of aryl methyl sites for hydroxylation is 2. The fourth-order valence-electron chi connectivity index (χ4n) is 2.01. The summed E-state index contributed by atoms with van der Waals surface area (Å²) in [6.07, 6.45) is -1.04. The smallest absolute Gasteiger partial charge is 0.341 e. The first-order chi connectivity index (χ1) is 10.9. The summed E-state index contributed by atoms with van der Waals surface area (Å²) in [6.45, 7) is 5.22. The van der Waals surface area contributed by atoms with E-state index in [2.05, 4.69) is 5.32 Å². The van der Waals surface area contributed by atoms with E-state index in [9.17, 15) is 14.0 Å². The molecule has 120 valence electrons.